The Morgan fingerprint density at radius 1 is 1.48 bits per heavy atom. The number of hydrogen-bond acceptors (Lipinski definition) is 5. The molecule has 0 amide bonds. The van der Waals surface area contributed by atoms with E-state index in [4.69, 9.17) is 11.6 Å². The van der Waals surface area contributed by atoms with Crippen LogP contribution >= 0.6 is 11.6 Å². The van der Waals surface area contributed by atoms with Gasteiger partial charge in [0.15, 0.2) is 0 Å². The molecule has 0 atom stereocenters. The first-order chi connectivity index (χ1) is 9.99. The van der Waals surface area contributed by atoms with Crippen molar-refractivity contribution in [2.75, 3.05) is 11.4 Å². The summed E-state index contributed by atoms with van der Waals surface area (Å²) in [5.41, 5.74) is -0.0601. The lowest BCUT2D eigenvalue weighted by molar-refractivity contribution is -0.384. The van der Waals surface area contributed by atoms with E-state index >= 15 is 0 Å². The van der Waals surface area contributed by atoms with Gasteiger partial charge in [0.1, 0.15) is 6.20 Å². The van der Waals surface area contributed by atoms with Crippen molar-refractivity contribution in [3.63, 3.8) is 0 Å². The van der Waals surface area contributed by atoms with E-state index in [9.17, 15) is 10.1 Å². The maximum Gasteiger partial charge on any atom is 0.329 e. The van der Waals surface area contributed by atoms with E-state index in [2.05, 4.69) is 28.7 Å². The summed E-state index contributed by atoms with van der Waals surface area (Å²) in [6, 6.07) is 0.313. The molecule has 1 fully saturated rings. The Morgan fingerprint density at radius 3 is 2.71 bits per heavy atom. The second-order valence-corrected chi connectivity index (χ2v) is 6.26. The smallest absolute Gasteiger partial charge is 0.329 e. The Kier molecular flexibility index (Phi) is 5.33. The summed E-state index contributed by atoms with van der Waals surface area (Å²) >= 11 is 5.86. The first kappa shape index (κ1) is 15.9. The molecule has 0 bridgehead atoms. The van der Waals surface area contributed by atoms with Crippen LogP contribution in [0.5, 0.6) is 0 Å². The van der Waals surface area contributed by atoms with Gasteiger partial charge in [-0.15, -0.1) is 0 Å². The van der Waals surface area contributed by atoms with Crippen molar-refractivity contribution in [2.45, 2.75) is 52.0 Å². The van der Waals surface area contributed by atoms with Crippen LogP contribution in [-0.4, -0.2) is 27.5 Å². The molecule has 0 N–H and O–H groups in total. The summed E-state index contributed by atoms with van der Waals surface area (Å²) < 4.78 is 0. The largest absolute Gasteiger partial charge is 0.348 e. The molecule has 1 aromatic rings. The SMILES string of the molecule is CC(C)CCN(c1nc(Cl)ncc1[N+](=O)[O-])C1CCCC1. The predicted molar refractivity (Wildman–Crippen MR) is 82.8 cm³/mol. The summed E-state index contributed by atoms with van der Waals surface area (Å²) in [5, 5.41) is 11.3. The number of halogens is 1. The van der Waals surface area contributed by atoms with E-state index in [1.165, 1.54) is 6.20 Å². The highest BCUT2D eigenvalue weighted by Gasteiger charge is 2.30. The van der Waals surface area contributed by atoms with Crippen molar-refractivity contribution in [3.8, 4) is 0 Å². The maximum atomic E-state index is 11.2. The Balaban J connectivity index is 2.34. The predicted octanol–water partition coefficient (Wildman–Crippen LogP) is 3.83. The van der Waals surface area contributed by atoms with Crippen molar-refractivity contribution in [3.05, 3.63) is 21.6 Å². The van der Waals surface area contributed by atoms with Crippen LogP contribution < -0.4 is 4.90 Å². The molecule has 1 aliphatic carbocycles. The fourth-order valence-corrected chi connectivity index (χ4v) is 2.89. The Morgan fingerprint density at radius 2 is 2.14 bits per heavy atom. The quantitative estimate of drug-likeness (QED) is 0.453. The molecule has 2 rings (SSSR count). The van der Waals surface area contributed by atoms with Crippen molar-refractivity contribution < 1.29 is 4.92 Å². The summed E-state index contributed by atoms with van der Waals surface area (Å²) in [5.74, 6) is 0.901. The summed E-state index contributed by atoms with van der Waals surface area (Å²) in [6.07, 6.45) is 6.61. The monoisotopic (exact) mass is 312 g/mol. The van der Waals surface area contributed by atoms with E-state index < -0.39 is 4.92 Å². The molecule has 0 aliphatic heterocycles. The van der Waals surface area contributed by atoms with Crippen LogP contribution in [0.4, 0.5) is 11.5 Å². The molecule has 1 saturated carbocycles. The van der Waals surface area contributed by atoms with Gasteiger partial charge in [0.05, 0.1) is 4.92 Å². The highest BCUT2D eigenvalue weighted by atomic mass is 35.5. The second-order valence-electron chi connectivity index (χ2n) is 5.92. The maximum absolute atomic E-state index is 11.2. The van der Waals surface area contributed by atoms with Crippen molar-refractivity contribution in [2.24, 2.45) is 5.92 Å². The molecule has 0 saturated heterocycles. The first-order valence-corrected chi connectivity index (χ1v) is 7.80. The van der Waals surface area contributed by atoms with E-state index in [-0.39, 0.29) is 11.0 Å². The Bertz CT molecular complexity index is 504. The first-order valence-electron chi connectivity index (χ1n) is 7.42. The van der Waals surface area contributed by atoms with Gasteiger partial charge in [-0.2, -0.15) is 4.98 Å². The van der Waals surface area contributed by atoms with E-state index in [0.29, 0.717) is 17.8 Å². The number of nitro groups is 1. The van der Waals surface area contributed by atoms with Gasteiger partial charge in [0.2, 0.25) is 11.1 Å². The zero-order valence-corrected chi connectivity index (χ0v) is 13.2. The summed E-state index contributed by atoms with van der Waals surface area (Å²) in [7, 11) is 0. The van der Waals surface area contributed by atoms with Crippen molar-refractivity contribution >= 4 is 23.1 Å². The van der Waals surface area contributed by atoms with Crippen molar-refractivity contribution in [1.82, 2.24) is 9.97 Å². The highest BCUT2D eigenvalue weighted by Crippen LogP contribution is 2.33. The normalized spacial score (nSPS) is 15.6. The Labute approximate surface area is 129 Å². The van der Waals surface area contributed by atoms with Crippen LogP contribution in [0.1, 0.15) is 46.0 Å². The third-order valence-electron chi connectivity index (χ3n) is 3.90. The molecular formula is C14H21ClN4O2. The molecule has 0 spiro atoms. The standard InChI is InChI=1S/C14H21ClN4O2/c1-10(2)7-8-18(11-5-3-4-6-11)13-12(19(20)21)9-16-14(15)17-13/h9-11H,3-8H2,1-2H3. The molecular weight excluding hydrogens is 292 g/mol. The minimum absolute atomic E-state index is 0.0585. The van der Waals surface area contributed by atoms with Gasteiger partial charge in [-0.1, -0.05) is 26.7 Å². The molecule has 21 heavy (non-hydrogen) atoms. The van der Waals surface area contributed by atoms with Gasteiger partial charge in [-0.05, 0) is 36.8 Å². The summed E-state index contributed by atoms with van der Waals surface area (Å²) in [6.45, 7) is 5.05. The van der Waals surface area contributed by atoms with E-state index in [0.717, 1.165) is 38.6 Å². The lowest BCUT2D eigenvalue weighted by atomic mass is 10.1. The van der Waals surface area contributed by atoms with Gasteiger partial charge in [0, 0.05) is 12.6 Å². The van der Waals surface area contributed by atoms with Crippen LogP contribution in [0.15, 0.2) is 6.20 Å². The second kappa shape index (κ2) is 7.02. The van der Waals surface area contributed by atoms with Gasteiger partial charge in [-0.25, -0.2) is 4.98 Å². The average molecular weight is 313 g/mol. The number of aromatic nitrogens is 2. The van der Waals surface area contributed by atoms with Gasteiger partial charge < -0.3 is 4.90 Å². The van der Waals surface area contributed by atoms with Crippen LogP contribution in [0, 0.1) is 16.0 Å². The van der Waals surface area contributed by atoms with Crippen LogP contribution in [0.25, 0.3) is 0 Å². The zero-order chi connectivity index (χ0) is 15.4. The zero-order valence-electron chi connectivity index (χ0n) is 12.5. The third kappa shape index (κ3) is 4.03. The molecule has 1 aromatic heterocycles. The van der Waals surface area contributed by atoms with E-state index in [1.807, 2.05) is 0 Å². The van der Waals surface area contributed by atoms with Gasteiger partial charge in [-0.3, -0.25) is 10.1 Å². The molecule has 1 heterocycles. The minimum Gasteiger partial charge on any atom is -0.348 e. The fourth-order valence-electron chi connectivity index (χ4n) is 2.76. The molecule has 0 radical (unpaired) electrons. The fraction of sp³-hybridized carbons (Fsp3) is 0.714. The lowest BCUT2D eigenvalue weighted by Gasteiger charge is -2.30. The topological polar surface area (TPSA) is 72.2 Å². The van der Waals surface area contributed by atoms with Crippen molar-refractivity contribution in [1.29, 1.82) is 0 Å². The van der Waals surface area contributed by atoms with Crippen LogP contribution in [-0.2, 0) is 0 Å². The third-order valence-corrected chi connectivity index (χ3v) is 4.08. The van der Waals surface area contributed by atoms with Gasteiger partial charge in [0.25, 0.3) is 0 Å². The minimum atomic E-state index is -0.428. The number of rotatable bonds is 6. The summed E-state index contributed by atoms with van der Waals surface area (Å²) in [4.78, 5) is 20.8. The molecule has 0 unspecified atom stereocenters. The van der Waals surface area contributed by atoms with Crippen LogP contribution in [0.3, 0.4) is 0 Å². The molecule has 6 nitrogen and oxygen atoms in total. The van der Waals surface area contributed by atoms with E-state index in [1.54, 1.807) is 0 Å². The molecule has 116 valence electrons. The Hall–Kier alpha value is -1.43. The molecule has 0 aromatic carbocycles. The van der Waals surface area contributed by atoms with Crippen LogP contribution in [0.2, 0.25) is 5.28 Å². The lowest BCUT2D eigenvalue weighted by Crippen LogP contribution is -2.36. The molecule has 1 aliphatic rings. The average Bonchev–Trinajstić information content (AvgIpc) is 2.92. The van der Waals surface area contributed by atoms with Gasteiger partial charge >= 0.3 is 5.69 Å². The number of anilines is 1. The highest BCUT2D eigenvalue weighted by molar-refractivity contribution is 6.28. The number of nitrogens with zero attached hydrogens (tertiary/aromatic N) is 4. The number of hydrogen-bond donors (Lipinski definition) is 0. The molecule has 7 heteroatoms.